The lowest BCUT2D eigenvalue weighted by molar-refractivity contribution is 0.0353. The van der Waals surface area contributed by atoms with Crippen LogP contribution in [0.1, 0.15) is 55.6 Å². The van der Waals surface area contributed by atoms with Crippen molar-refractivity contribution in [1.29, 1.82) is 0 Å². The van der Waals surface area contributed by atoms with Crippen molar-refractivity contribution in [3.8, 4) is 5.75 Å². The number of rotatable bonds is 5. The maximum Gasteiger partial charge on any atom is 0.192 e. The van der Waals surface area contributed by atoms with E-state index in [9.17, 15) is 4.39 Å². The van der Waals surface area contributed by atoms with Gasteiger partial charge >= 0.3 is 0 Å². The van der Waals surface area contributed by atoms with Gasteiger partial charge in [0.1, 0.15) is 17.1 Å². The summed E-state index contributed by atoms with van der Waals surface area (Å²) in [6, 6.07) is 7.20. The zero-order chi connectivity index (χ0) is 21.5. The lowest BCUT2D eigenvalue weighted by atomic mass is 9.81. The summed E-state index contributed by atoms with van der Waals surface area (Å²) in [5.74, 6) is 1.18. The Bertz CT molecular complexity index is 1040. The first-order valence-corrected chi connectivity index (χ1v) is 10.6. The molecule has 1 aliphatic heterocycles. The molecule has 30 heavy (non-hydrogen) atoms. The molecule has 0 saturated carbocycles. The van der Waals surface area contributed by atoms with Crippen molar-refractivity contribution in [3.63, 3.8) is 0 Å². The van der Waals surface area contributed by atoms with Crippen LogP contribution < -0.4 is 4.74 Å². The van der Waals surface area contributed by atoms with Crippen LogP contribution in [0.2, 0.25) is 0 Å². The molecule has 160 valence electrons. The maximum atomic E-state index is 14.8. The number of likely N-dealkylation sites (tertiary alicyclic amines) is 1. The fourth-order valence-electron chi connectivity index (χ4n) is 4.54. The predicted octanol–water partition coefficient (Wildman–Crippen LogP) is 5.53. The van der Waals surface area contributed by atoms with Gasteiger partial charge in [-0.3, -0.25) is 9.88 Å². The summed E-state index contributed by atoms with van der Waals surface area (Å²) in [5, 5.41) is 0. The minimum Gasteiger partial charge on any atom is -0.493 e. The van der Waals surface area contributed by atoms with E-state index >= 15 is 0 Å². The van der Waals surface area contributed by atoms with Crippen LogP contribution in [-0.2, 0) is 0 Å². The third-order valence-electron chi connectivity index (χ3n) is 6.06. The van der Waals surface area contributed by atoms with Crippen LogP contribution in [0.15, 0.2) is 28.7 Å². The van der Waals surface area contributed by atoms with Gasteiger partial charge in [0, 0.05) is 60.1 Å². The van der Waals surface area contributed by atoms with E-state index in [1.807, 2.05) is 32.0 Å². The zero-order valence-electron chi connectivity index (χ0n) is 18.5. The van der Waals surface area contributed by atoms with Gasteiger partial charge in [-0.25, -0.2) is 9.37 Å². The average Bonchev–Trinajstić information content (AvgIpc) is 3.03. The van der Waals surface area contributed by atoms with Gasteiger partial charge in [-0.15, -0.1) is 0 Å². The van der Waals surface area contributed by atoms with Gasteiger partial charge in [-0.1, -0.05) is 6.92 Å². The number of halogens is 1. The quantitative estimate of drug-likeness (QED) is 0.553. The smallest absolute Gasteiger partial charge is 0.192 e. The van der Waals surface area contributed by atoms with E-state index in [1.54, 1.807) is 6.92 Å². The van der Waals surface area contributed by atoms with Gasteiger partial charge < -0.3 is 9.15 Å². The Hall–Kier alpha value is -2.47. The average molecular weight is 412 g/mol. The number of nitrogens with zero attached hydrogens (tertiary/aromatic N) is 3. The monoisotopic (exact) mass is 411 g/mol. The molecule has 0 bridgehead atoms. The highest BCUT2D eigenvalue weighted by atomic mass is 19.1. The molecule has 1 fully saturated rings. The molecule has 5 nitrogen and oxygen atoms in total. The molecular weight excluding hydrogens is 381 g/mol. The molecular formula is C24H30FN3O2. The van der Waals surface area contributed by atoms with Gasteiger partial charge in [-0.05, 0) is 46.2 Å². The van der Waals surface area contributed by atoms with Gasteiger partial charge in [0.25, 0.3) is 0 Å². The minimum absolute atomic E-state index is 0.00262. The number of benzene rings is 1. The Morgan fingerprint density at radius 1 is 1.17 bits per heavy atom. The molecule has 6 heteroatoms. The van der Waals surface area contributed by atoms with Crippen LogP contribution in [0.4, 0.5) is 4.39 Å². The van der Waals surface area contributed by atoms with Crippen molar-refractivity contribution < 1.29 is 13.5 Å². The number of pyridine rings is 1. The Morgan fingerprint density at radius 3 is 2.63 bits per heavy atom. The molecule has 1 aliphatic rings. The molecule has 2 atom stereocenters. The predicted molar refractivity (Wildman–Crippen MR) is 115 cm³/mol. The van der Waals surface area contributed by atoms with Crippen LogP contribution >= 0.6 is 0 Å². The van der Waals surface area contributed by atoms with E-state index in [-0.39, 0.29) is 17.3 Å². The zero-order valence-corrected chi connectivity index (χ0v) is 18.5. The van der Waals surface area contributed by atoms with Crippen molar-refractivity contribution in [1.82, 2.24) is 14.9 Å². The van der Waals surface area contributed by atoms with Gasteiger partial charge in [0.2, 0.25) is 0 Å². The number of hydrogen-bond donors (Lipinski definition) is 0. The van der Waals surface area contributed by atoms with E-state index in [0.29, 0.717) is 29.2 Å². The SMILES string of the molecule is Cc1cc(OC[C@@]2(C)CCCN(C(C)c3cc4nc(C)oc4cc3F)C2)cc(C)n1. The molecule has 3 aromatic rings. The molecule has 0 aliphatic carbocycles. The summed E-state index contributed by atoms with van der Waals surface area (Å²) in [7, 11) is 0. The number of ether oxygens (including phenoxy) is 1. The molecule has 3 heterocycles. The number of piperidine rings is 1. The molecule has 1 saturated heterocycles. The van der Waals surface area contributed by atoms with Gasteiger partial charge in [0.05, 0.1) is 6.61 Å². The number of hydrogen-bond acceptors (Lipinski definition) is 5. The Morgan fingerprint density at radius 2 is 1.90 bits per heavy atom. The topological polar surface area (TPSA) is 51.4 Å². The largest absolute Gasteiger partial charge is 0.493 e. The van der Waals surface area contributed by atoms with Crippen molar-refractivity contribution in [2.45, 2.75) is 53.5 Å². The Balaban J connectivity index is 1.49. The fourth-order valence-corrected chi connectivity index (χ4v) is 4.54. The summed E-state index contributed by atoms with van der Waals surface area (Å²) in [4.78, 5) is 11.1. The lowest BCUT2D eigenvalue weighted by Crippen LogP contribution is -2.45. The molecule has 0 amide bonds. The normalized spacial score (nSPS) is 21.1. The second kappa shape index (κ2) is 7.99. The first-order valence-electron chi connectivity index (χ1n) is 10.6. The molecule has 1 aromatic carbocycles. The third-order valence-corrected chi connectivity index (χ3v) is 6.06. The maximum absolute atomic E-state index is 14.8. The molecule has 1 unspecified atom stereocenters. The van der Waals surface area contributed by atoms with Crippen LogP contribution in [-0.4, -0.2) is 34.6 Å². The molecule has 0 spiro atoms. The Kier molecular flexibility index (Phi) is 5.53. The van der Waals surface area contributed by atoms with Crippen LogP contribution in [0.25, 0.3) is 11.1 Å². The lowest BCUT2D eigenvalue weighted by Gasteiger charge is -2.43. The fraction of sp³-hybridized carbons (Fsp3) is 0.500. The first-order chi connectivity index (χ1) is 14.2. The van der Waals surface area contributed by atoms with E-state index in [0.717, 1.165) is 43.1 Å². The standard InChI is InChI=1S/C24H30FN3O2/c1-15-9-19(10-16(2)26-15)29-14-24(5)7-6-8-28(13-24)17(3)20-11-22-23(12-21(20)25)30-18(4)27-22/h9-12,17H,6-8,13-14H2,1-5H3/t17?,24-/m0/s1. The van der Waals surface area contributed by atoms with E-state index in [1.165, 1.54) is 6.07 Å². The highest BCUT2D eigenvalue weighted by molar-refractivity contribution is 5.73. The minimum atomic E-state index is -0.239. The molecule has 2 aromatic heterocycles. The summed E-state index contributed by atoms with van der Waals surface area (Å²) in [6.07, 6.45) is 2.15. The second-order valence-electron chi connectivity index (χ2n) is 9.01. The number of oxazole rings is 1. The Labute approximate surface area is 177 Å². The van der Waals surface area contributed by atoms with Crippen LogP contribution in [0.5, 0.6) is 5.75 Å². The molecule has 0 N–H and O–H groups in total. The summed E-state index contributed by atoms with van der Waals surface area (Å²) < 4.78 is 26.5. The highest BCUT2D eigenvalue weighted by Gasteiger charge is 2.35. The number of aryl methyl sites for hydroxylation is 3. The van der Waals surface area contributed by atoms with Crippen molar-refractivity contribution >= 4 is 11.1 Å². The second-order valence-corrected chi connectivity index (χ2v) is 9.01. The highest BCUT2D eigenvalue weighted by Crippen LogP contribution is 2.36. The molecule has 0 radical (unpaired) electrons. The van der Waals surface area contributed by atoms with Crippen LogP contribution in [0.3, 0.4) is 0 Å². The first kappa shape index (κ1) is 20.8. The van der Waals surface area contributed by atoms with E-state index in [4.69, 9.17) is 9.15 Å². The number of fused-ring (bicyclic) bond motifs is 1. The molecule has 4 rings (SSSR count). The van der Waals surface area contributed by atoms with Crippen molar-refractivity contribution in [3.05, 3.63) is 52.9 Å². The number of aromatic nitrogens is 2. The van der Waals surface area contributed by atoms with Crippen LogP contribution in [0, 0.1) is 32.0 Å². The third kappa shape index (κ3) is 4.33. The van der Waals surface area contributed by atoms with E-state index < -0.39 is 0 Å². The van der Waals surface area contributed by atoms with Crippen molar-refractivity contribution in [2.24, 2.45) is 5.41 Å². The summed E-state index contributed by atoms with van der Waals surface area (Å²) in [6.45, 7) is 12.5. The van der Waals surface area contributed by atoms with Gasteiger partial charge in [0.15, 0.2) is 11.5 Å². The van der Waals surface area contributed by atoms with E-state index in [2.05, 4.69) is 28.7 Å². The summed E-state index contributed by atoms with van der Waals surface area (Å²) >= 11 is 0. The van der Waals surface area contributed by atoms with Gasteiger partial charge in [-0.2, -0.15) is 0 Å². The summed E-state index contributed by atoms with van der Waals surface area (Å²) in [5.41, 5.74) is 3.80. The van der Waals surface area contributed by atoms with Crippen molar-refractivity contribution in [2.75, 3.05) is 19.7 Å².